The zero-order valence-corrected chi connectivity index (χ0v) is 11.4. The number of rotatable bonds is 3. The van der Waals surface area contributed by atoms with Crippen LogP contribution in [-0.2, 0) is 4.79 Å². The molecule has 10 heteroatoms. The predicted molar refractivity (Wildman–Crippen MR) is 68.3 cm³/mol. The first-order chi connectivity index (χ1) is 10.7. The monoisotopic (exact) mass is 329 g/mol. The smallest absolute Gasteiger partial charge is 0.438 e. The van der Waals surface area contributed by atoms with Crippen LogP contribution in [0.5, 0.6) is 11.8 Å². The van der Waals surface area contributed by atoms with Crippen LogP contribution in [0, 0.1) is 5.92 Å². The van der Waals surface area contributed by atoms with Crippen LogP contribution >= 0.6 is 0 Å². The summed E-state index contributed by atoms with van der Waals surface area (Å²) in [6.07, 6.45) is -1.06. The van der Waals surface area contributed by atoms with Crippen LogP contribution in [0.25, 0.3) is 0 Å². The maximum atomic E-state index is 12.9. The second kappa shape index (κ2) is 4.86. The van der Waals surface area contributed by atoms with Gasteiger partial charge in [0.1, 0.15) is 0 Å². The Balaban J connectivity index is 1.68. The van der Waals surface area contributed by atoms with Gasteiger partial charge in [-0.15, -0.1) is 15.0 Å². The molecule has 2 N–H and O–H groups in total. The fourth-order valence-electron chi connectivity index (χ4n) is 2.23. The fraction of sp³-hybridized carbons (Fsp3) is 0.308. The number of hydrogen-bond acceptors (Lipinski definition) is 6. The number of allylic oxidation sites excluding steroid dienone is 1. The van der Waals surface area contributed by atoms with Gasteiger partial charge in [0.05, 0.1) is 5.57 Å². The lowest BCUT2D eigenvalue weighted by atomic mass is 9.87. The second-order valence-corrected chi connectivity index (χ2v) is 5.01. The van der Waals surface area contributed by atoms with E-state index in [9.17, 15) is 28.2 Å². The Bertz CT molecular complexity index is 723. The molecule has 122 valence electrons. The summed E-state index contributed by atoms with van der Waals surface area (Å²) in [5, 5.41) is 25.0. The Labute approximate surface area is 127 Å². The molecule has 0 amide bonds. The van der Waals surface area contributed by atoms with Gasteiger partial charge in [-0.2, -0.15) is 13.2 Å². The van der Waals surface area contributed by atoms with Gasteiger partial charge < -0.3 is 15.1 Å². The summed E-state index contributed by atoms with van der Waals surface area (Å²) in [6, 6.07) is 2.21. The van der Waals surface area contributed by atoms with E-state index < -0.39 is 35.5 Å². The molecule has 7 nitrogen and oxygen atoms in total. The average Bonchev–Trinajstić information content (AvgIpc) is 3.26. The van der Waals surface area contributed by atoms with Crippen LogP contribution in [0.2, 0.25) is 0 Å². The molecule has 23 heavy (non-hydrogen) atoms. The molecule has 1 aromatic rings. The Kier molecular flexibility index (Phi) is 3.20. The summed E-state index contributed by atoms with van der Waals surface area (Å²) in [4.78, 5) is 16.6. The van der Waals surface area contributed by atoms with Crippen LogP contribution in [-0.4, -0.2) is 32.8 Å². The Morgan fingerprint density at radius 3 is 2.35 bits per heavy atom. The van der Waals surface area contributed by atoms with E-state index in [0.717, 1.165) is 12.1 Å². The van der Waals surface area contributed by atoms with Gasteiger partial charge in [0.2, 0.25) is 11.8 Å². The molecule has 0 aromatic carbocycles. The van der Waals surface area contributed by atoms with E-state index in [1.807, 2.05) is 0 Å². The minimum Gasteiger partial charge on any atom is -0.492 e. The van der Waals surface area contributed by atoms with Gasteiger partial charge in [-0.05, 0) is 6.42 Å². The quantitative estimate of drug-likeness (QED) is 0.887. The minimum absolute atomic E-state index is 0.00766. The first-order valence-electron chi connectivity index (χ1n) is 6.46. The Morgan fingerprint density at radius 2 is 1.91 bits per heavy atom. The van der Waals surface area contributed by atoms with Crippen molar-refractivity contribution >= 4 is 5.97 Å². The number of aromatic hydroxyl groups is 2. The molecule has 0 bridgehead atoms. The molecule has 0 spiro atoms. The molecule has 0 saturated carbocycles. The van der Waals surface area contributed by atoms with E-state index in [-0.39, 0.29) is 12.0 Å². The first-order valence-corrected chi connectivity index (χ1v) is 6.46. The molecular formula is C13H10F3N3O4. The van der Waals surface area contributed by atoms with Gasteiger partial charge in [0, 0.05) is 18.1 Å². The van der Waals surface area contributed by atoms with E-state index in [1.165, 1.54) is 18.2 Å². The number of carbonyl (C=O) groups excluding carboxylic acids is 1. The number of hydrogen-bond donors (Lipinski definition) is 2. The van der Waals surface area contributed by atoms with Crippen molar-refractivity contribution in [3.05, 3.63) is 35.9 Å². The zero-order chi connectivity index (χ0) is 16.8. The van der Waals surface area contributed by atoms with E-state index in [1.54, 1.807) is 0 Å². The van der Waals surface area contributed by atoms with Crippen LogP contribution in [0.3, 0.4) is 0 Å². The van der Waals surface area contributed by atoms with E-state index in [4.69, 9.17) is 4.84 Å². The SMILES string of the molecule is O=C(On1c(O)ccc1O)C1=CCC(C2(C(F)(F)F)N=N2)C=C1. The lowest BCUT2D eigenvalue weighted by Gasteiger charge is -2.23. The topological polar surface area (TPSA) is 96.4 Å². The molecule has 1 unspecified atom stereocenters. The van der Waals surface area contributed by atoms with Gasteiger partial charge in [-0.3, -0.25) is 0 Å². The normalized spacial score (nSPS) is 21.9. The van der Waals surface area contributed by atoms with Crippen molar-refractivity contribution in [2.75, 3.05) is 0 Å². The first kappa shape index (κ1) is 15.1. The summed E-state index contributed by atoms with van der Waals surface area (Å²) in [5.74, 6) is -2.96. The van der Waals surface area contributed by atoms with Gasteiger partial charge in [-0.25, -0.2) is 4.79 Å². The van der Waals surface area contributed by atoms with E-state index in [2.05, 4.69) is 10.2 Å². The highest BCUT2D eigenvalue weighted by molar-refractivity contribution is 5.92. The third-order valence-corrected chi connectivity index (χ3v) is 3.56. The number of nitrogens with zero attached hydrogens (tertiary/aromatic N) is 3. The molecular weight excluding hydrogens is 319 g/mol. The Morgan fingerprint density at radius 1 is 1.30 bits per heavy atom. The lowest BCUT2D eigenvalue weighted by molar-refractivity contribution is -0.172. The highest BCUT2D eigenvalue weighted by Gasteiger charge is 2.67. The van der Waals surface area contributed by atoms with Gasteiger partial charge >= 0.3 is 12.1 Å². The van der Waals surface area contributed by atoms with E-state index in [0.29, 0.717) is 4.73 Å². The average molecular weight is 329 g/mol. The third kappa shape index (κ3) is 2.45. The highest BCUT2D eigenvalue weighted by atomic mass is 19.4. The minimum atomic E-state index is -4.59. The molecule has 1 aliphatic carbocycles. The van der Waals surface area contributed by atoms with Gasteiger partial charge in [0.25, 0.3) is 5.66 Å². The predicted octanol–water partition coefficient (Wildman–Crippen LogP) is 2.08. The second-order valence-electron chi connectivity index (χ2n) is 5.01. The van der Waals surface area contributed by atoms with E-state index >= 15 is 0 Å². The maximum absolute atomic E-state index is 12.9. The highest BCUT2D eigenvalue weighted by Crippen LogP contribution is 2.51. The maximum Gasteiger partial charge on any atom is 0.438 e. The van der Waals surface area contributed by atoms with Crippen LogP contribution in [0.1, 0.15) is 6.42 Å². The van der Waals surface area contributed by atoms with Gasteiger partial charge in [-0.1, -0.05) is 18.2 Å². The molecule has 1 aromatic heterocycles. The largest absolute Gasteiger partial charge is 0.492 e. The van der Waals surface area contributed by atoms with Crippen molar-refractivity contribution < 1.29 is 33.0 Å². The van der Waals surface area contributed by atoms with Crippen LogP contribution in [0.15, 0.2) is 46.2 Å². The summed E-state index contributed by atoms with van der Waals surface area (Å²) in [7, 11) is 0. The van der Waals surface area contributed by atoms with Gasteiger partial charge in [0.15, 0.2) is 0 Å². The summed E-state index contributed by atoms with van der Waals surface area (Å²) in [5.41, 5.74) is -2.43. The number of aromatic nitrogens is 1. The van der Waals surface area contributed by atoms with Crippen molar-refractivity contribution in [2.45, 2.75) is 18.3 Å². The summed E-state index contributed by atoms with van der Waals surface area (Å²) < 4.78 is 39.1. The third-order valence-electron chi connectivity index (χ3n) is 3.56. The molecule has 2 aliphatic rings. The standard InChI is InChI=1S/C13H10F3N3O4/c14-13(15,16)12(17-18-12)8-3-1-7(2-4-8)11(22)23-19-9(20)5-6-10(19)21/h1-3,5-6,8,20-21H,4H2. The van der Waals surface area contributed by atoms with Crippen molar-refractivity contribution in [1.82, 2.24) is 4.73 Å². The number of alkyl halides is 3. The summed E-state index contributed by atoms with van der Waals surface area (Å²) >= 11 is 0. The molecule has 1 atom stereocenters. The lowest BCUT2D eigenvalue weighted by Crippen LogP contribution is -2.39. The fourth-order valence-corrected chi connectivity index (χ4v) is 2.23. The zero-order valence-electron chi connectivity index (χ0n) is 11.4. The van der Waals surface area contributed by atoms with Crippen LogP contribution < -0.4 is 4.84 Å². The number of carbonyl (C=O) groups is 1. The van der Waals surface area contributed by atoms with Crippen molar-refractivity contribution in [3.8, 4) is 11.8 Å². The number of halogens is 3. The van der Waals surface area contributed by atoms with Crippen molar-refractivity contribution in [2.24, 2.45) is 16.1 Å². The van der Waals surface area contributed by atoms with Crippen LogP contribution in [0.4, 0.5) is 13.2 Å². The molecule has 0 radical (unpaired) electrons. The summed E-state index contributed by atoms with van der Waals surface area (Å²) in [6.45, 7) is 0. The van der Waals surface area contributed by atoms with Crippen molar-refractivity contribution in [3.63, 3.8) is 0 Å². The Hall–Kier alpha value is -2.78. The molecule has 1 aliphatic heterocycles. The molecule has 3 rings (SSSR count). The molecule has 0 fully saturated rings. The molecule has 2 heterocycles. The van der Waals surface area contributed by atoms with Crippen molar-refractivity contribution in [1.29, 1.82) is 0 Å². The molecule has 0 saturated heterocycles.